The summed E-state index contributed by atoms with van der Waals surface area (Å²) in [6.45, 7) is 6.67. The van der Waals surface area contributed by atoms with E-state index in [0.717, 1.165) is 25.4 Å². The third-order valence-electron chi connectivity index (χ3n) is 2.91. The molecule has 0 unspecified atom stereocenters. The van der Waals surface area contributed by atoms with Gasteiger partial charge in [-0.2, -0.15) is 0 Å². The lowest BCUT2D eigenvalue weighted by Crippen LogP contribution is -2.14. The average Bonchev–Trinajstić information content (AvgIpc) is 2.47. The molecule has 0 saturated heterocycles. The summed E-state index contributed by atoms with van der Waals surface area (Å²) >= 11 is 0. The molecule has 0 spiro atoms. The van der Waals surface area contributed by atoms with Gasteiger partial charge in [0.2, 0.25) is 0 Å². The zero-order chi connectivity index (χ0) is 14.2. The Morgan fingerprint density at radius 1 is 1.10 bits per heavy atom. The second kappa shape index (κ2) is 7.65. The highest BCUT2D eigenvalue weighted by molar-refractivity contribution is 5.33. The fourth-order valence-electron chi connectivity index (χ4n) is 1.89. The molecule has 1 heterocycles. The third-order valence-corrected chi connectivity index (χ3v) is 2.91. The van der Waals surface area contributed by atoms with Crippen molar-refractivity contribution in [3.8, 4) is 5.75 Å². The molecule has 1 aromatic heterocycles. The van der Waals surface area contributed by atoms with Crippen LogP contribution in [0.15, 0.2) is 48.8 Å². The molecule has 0 amide bonds. The summed E-state index contributed by atoms with van der Waals surface area (Å²) in [5.41, 5.74) is 2.38. The predicted octanol–water partition coefficient (Wildman–Crippen LogP) is 3.41. The highest BCUT2D eigenvalue weighted by atomic mass is 16.5. The standard InChI is InChI=1S/C17H22N2O/c1-14(2)13-20-17-8-4-3-7-16(17)12-19-11-15-6-5-9-18-10-15/h3-10,14,19H,11-13H2,1-2H3. The molecule has 2 rings (SSSR count). The number of aromatic nitrogens is 1. The van der Waals surface area contributed by atoms with Crippen LogP contribution in [0.25, 0.3) is 0 Å². The van der Waals surface area contributed by atoms with Crippen molar-refractivity contribution in [1.82, 2.24) is 10.3 Å². The number of ether oxygens (including phenoxy) is 1. The topological polar surface area (TPSA) is 34.1 Å². The summed E-state index contributed by atoms with van der Waals surface area (Å²) < 4.78 is 5.85. The SMILES string of the molecule is CC(C)COc1ccccc1CNCc1cccnc1. The van der Waals surface area contributed by atoms with Crippen LogP contribution in [-0.4, -0.2) is 11.6 Å². The van der Waals surface area contributed by atoms with Gasteiger partial charge in [-0.05, 0) is 23.6 Å². The molecule has 0 aliphatic rings. The Balaban J connectivity index is 1.89. The number of hydrogen-bond acceptors (Lipinski definition) is 3. The van der Waals surface area contributed by atoms with Gasteiger partial charge in [-0.25, -0.2) is 0 Å². The van der Waals surface area contributed by atoms with Crippen molar-refractivity contribution < 1.29 is 4.74 Å². The van der Waals surface area contributed by atoms with E-state index in [1.54, 1.807) is 6.20 Å². The smallest absolute Gasteiger partial charge is 0.123 e. The van der Waals surface area contributed by atoms with E-state index in [0.29, 0.717) is 5.92 Å². The minimum absolute atomic E-state index is 0.534. The molecule has 20 heavy (non-hydrogen) atoms. The zero-order valence-electron chi connectivity index (χ0n) is 12.2. The van der Waals surface area contributed by atoms with Crippen LogP contribution < -0.4 is 10.1 Å². The van der Waals surface area contributed by atoms with Gasteiger partial charge in [0.1, 0.15) is 5.75 Å². The Labute approximate surface area is 121 Å². The highest BCUT2D eigenvalue weighted by Gasteiger charge is 2.04. The van der Waals surface area contributed by atoms with E-state index in [-0.39, 0.29) is 0 Å². The second-order valence-electron chi connectivity index (χ2n) is 5.28. The monoisotopic (exact) mass is 270 g/mol. The van der Waals surface area contributed by atoms with Gasteiger partial charge in [-0.1, -0.05) is 38.1 Å². The van der Waals surface area contributed by atoms with E-state index in [1.165, 1.54) is 11.1 Å². The van der Waals surface area contributed by atoms with E-state index >= 15 is 0 Å². The van der Waals surface area contributed by atoms with Gasteiger partial charge < -0.3 is 10.1 Å². The average molecular weight is 270 g/mol. The predicted molar refractivity (Wildman–Crippen MR) is 81.6 cm³/mol. The van der Waals surface area contributed by atoms with E-state index in [4.69, 9.17) is 4.74 Å². The Morgan fingerprint density at radius 2 is 1.95 bits per heavy atom. The number of pyridine rings is 1. The first kappa shape index (κ1) is 14.5. The molecule has 3 heteroatoms. The van der Waals surface area contributed by atoms with Crippen LogP contribution in [0, 0.1) is 5.92 Å². The molecule has 0 atom stereocenters. The summed E-state index contributed by atoms with van der Waals surface area (Å²) in [7, 11) is 0. The summed E-state index contributed by atoms with van der Waals surface area (Å²) in [5.74, 6) is 1.51. The number of hydrogen-bond donors (Lipinski definition) is 1. The van der Waals surface area contributed by atoms with Crippen molar-refractivity contribution in [2.75, 3.05) is 6.61 Å². The maximum atomic E-state index is 5.85. The largest absolute Gasteiger partial charge is 0.493 e. The van der Waals surface area contributed by atoms with Gasteiger partial charge in [0.15, 0.2) is 0 Å². The van der Waals surface area contributed by atoms with Gasteiger partial charge in [-0.15, -0.1) is 0 Å². The van der Waals surface area contributed by atoms with Gasteiger partial charge in [0.25, 0.3) is 0 Å². The molecule has 0 aliphatic heterocycles. The maximum Gasteiger partial charge on any atom is 0.123 e. The molecule has 1 N–H and O–H groups in total. The molecule has 106 valence electrons. The summed E-state index contributed by atoms with van der Waals surface area (Å²) in [6, 6.07) is 12.2. The lowest BCUT2D eigenvalue weighted by atomic mass is 10.2. The number of nitrogens with one attached hydrogen (secondary N) is 1. The number of nitrogens with zero attached hydrogens (tertiary/aromatic N) is 1. The van der Waals surface area contributed by atoms with Crippen LogP contribution in [-0.2, 0) is 13.1 Å². The van der Waals surface area contributed by atoms with Crippen molar-refractivity contribution >= 4 is 0 Å². The van der Waals surface area contributed by atoms with E-state index < -0.39 is 0 Å². The molecule has 2 aromatic rings. The first-order chi connectivity index (χ1) is 9.75. The molecular formula is C17H22N2O. The number of benzene rings is 1. The Kier molecular flexibility index (Phi) is 5.56. The molecule has 0 fully saturated rings. The molecule has 0 saturated carbocycles. The van der Waals surface area contributed by atoms with Crippen molar-refractivity contribution in [2.24, 2.45) is 5.92 Å². The van der Waals surface area contributed by atoms with Crippen molar-refractivity contribution in [1.29, 1.82) is 0 Å². The number of para-hydroxylation sites is 1. The molecule has 1 aromatic carbocycles. The highest BCUT2D eigenvalue weighted by Crippen LogP contribution is 2.18. The third kappa shape index (κ3) is 4.67. The molecule has 0 radical (unpaired) electrons. The van der Waals surface area contributed by atoms with Crippen molar-refractivity contribution in [3.63, 3.8) is 0 Å². The zero-order valence-corrected chi connectivity index (χ0v) is 12.2. The fourth-order valence-corrected chi connectivity index (χ4v) is 1.89. The van der Waals surface area contributed by atoms with Crippen LogP contribution in [0.3, 0.4) is 0 Å². The lowest BCUT2D eigenvalue weighted by molar-refractivity contribution is 0.268. The van der Waals surface area contributed by atoms with Gasteiger partial charge in [-0.3, -0.25) is 4.98 Å². The Morgan fingerprint density at radius 3 is 2.70 bits per heavy atom. The molecule has 0 bridgehead atoms. The second-order valence-corrected chi connectivity index (χ2v) is 5.28. The Hall–Kier alpha value is -1.87. The van der Waals surface area contributed by atoms with Crippen molar-refractivity contribution in [3.05, 3.63) is 59.9 Å². The normalized spacial score (nSPS) is 10.8. The summed E-state index contributed by atoms with van der Waals surface area (Å²) in [6.07, 6.45) is 3.67. The van der Waals surface area contributed by atoms with Crippen LogP contribution in [0.2, 0.25) is 0 Å². The Bertz CT molecular complexity index is 511. The minimum Gasteiger partial charge on any atom is -0.493 e. The van der Waals surface area contributed by atoms with Gasteiger partial charge in [0, 0.05) is 31.0 Å². The molecule has 3 nitrogen and oxygen atoms in total. The van der Waals surface area contributed by atoms with Crippen molar-refractivity contribution in [2.45, 2.75) is 26.9 Å². The maximum absolute atomic E-state index is 5.85. The molecular weight excluding hydrogens is 248 g/mol. The van der Waals surface area contributed by atoms with Crippen LogP contribution in [0.4, 0.5) is 0 Å². The first-order valence-electron chi connectivity index (χ1n) is 7.06. The van der Waals surface area contributed by atoms with Gasteiger partial charge >= 0.3 is 0 Å². The lowest BCUT2D eigenvalue weighted by Gasteiger charge is -2.13. The van der Waals surface area contributed by atoms with E-state index in [9.17, 15) is 0 Å². The number of rotatable bonds is 7. The molecule has 0 aliphatic carbocycles. The fraction of sp³-hybridized carbons (Fsp3) is 0.353. The quantitative estimate of drug-likeness (QED) is 0.837. The minimum atomic E-state index is 0.534. The first-order valence-corrected chi connectivity index (χ1v) is 7.06. The van der Waals surface area contributed by atoms with Crippen LogP contribution in [0.5, 0.6) is 5.75 Å². The van der Waals surface area contributed by atoms with Crippen LogP contribution in [0.1, 0.15) is 25.0 Å². The van der Waals surface area contributed by atoms with E-state index in [1.807, 2.05) is 30.5 Å². The summed E-state index contributed by atoms with van der Waals surface area (Å²) in [5, 5.41) is 3.43. The summed E-state index contributed by atoms with van der Waals surface area (Å²) in [4.78, 5) is 4.11. The van der Waals surface area contributed by atoms with Gasteiger partial charge in [0.05, 0.1) is 6.61 Å². The van der Waals surface area contributed by atoms with E-state index in [2.05, 4.69) is 36.3 Å². The van der Waals surface area contributed by atoms with Crippen LogP contribution >= 0.6 is 0 Å².